The summed E-state index contributed by atoms with van der Waals surface area (Å²) in [6.45, 7) is 2.42. The highest BCUT2D eigenvalue weighted by molar-refractivity contribution is 5.97. The van der Waals surface area contributed by atoms with Crippen LogP contribution in [0.25, 0.3) is 0 Å². The quantitative estimate of drug-likeness (QED) is 0.827. The molecule has 1 aliphatic rings. The topological polar surface area (TPSA) is 85.9 Å². The number of nitrogens with one attached hydrogen (secondary N) is 2. The third-order valence-corrected chi connectivity index (χ3v) is 3.69. The van der Waals surface area contributed by atoms with E-state index in [9.17, 15) is 9.59 Å². The normalized spacial score (nSPS) is 13.4. The molecule has 26 heavy (non-hydrogen) atoms. The molecule has 0 bridgehead atoms. The maximum atomic E-state index is 12.3. The first-order chi connectivity index (χ1) is 12.6. The van der Waals surface area contributed by atoms with E-state index in [0.29, 0.717) is 36.1 Å². The van der Waals surface area contributed by atoms with E-state index in [1.807, 2.05) is 18.2 Å². The van der Waals surface area contributed by atoms with E-state index in [2.05, 4.69) is 10.6 Å². The van der Waals surface area contributed by atoms with Gasteiger partial charge in [0.25, 0.3) is 5.91 Å². The summed E-state index contributed by atoms with van der Waals surface area (Å²) in [4.78, 5) is 24.2. The Hall–Kier alpha value is -3.22. The van der Waals surface area contributed by atoms with E-state index in [0.717, 1.165) is 0 Å². The fourth-order valence-electron chi connectivity index (χ4n) is 2.39. The van der Waals surface area contributed by atoms with Crippen LogP contribution in [0.1, 0.15) is 6.92 Å². The number of rotatable bonds is 6. The number of ether oxygens (including phenoxy) is 3. The van der Waals surface area contributed by atoms with Crippen LogP contribution >= 0.6 is 0 Å². The zero-order chi connectivity index (χ0) is 18.4. The Morgan fingerprint density at radius 3 is 2.58 bits per heavy atom. The lowest BCUT2D eigenvalue weighted by molar-refractivity contribution is -0.127. The SMILES string of the molecule is C[C@@H](NC(=O)COc1ccccc1)C(=O)Nc1ccc2c(c1)OCCO2. The molecule has 2 aromatic carbocycles. The molecule has 1 atom stereocenters. The number of benzene rings is 2. The van der Waals surface area contributed by atoms with Gasteiger partial charge in [-0.25, -0.2) is 0 Å². The maximum absolute atomic E-state index is 12.3. The Bertz CT molecular complexity index is 779. The van der Waals surface area contributed by atoms with Gasteiger partial charge in [0.15, 0.2) is 18.1 Å². The molecule has 0 spiro atoms. The van der Waals surface area contributed by atoms with Crippen LogP contribution in [0, 0.1) is 0 Å². The van der Waals surface area contributed by atoms with Crippen molar-refractivity contribution in [2.75, 3.05) is 25.1 Å². The van der Waals surface area contributed by atoms with Crippen molar-refractivity contribution in [2.24, 2.45) is 0 Å². The molecular formula is C19H20N2O5. The van der Waals surface area contributed by atoms with Crippen molar-refractivity contribution in [3.63, 3.8) is 0 Å². The van der Waals surface area contributed by atoms with Crippen LogP contribution in [0.3, 0.4) is 0 Å². The molecule has 0 aliphatic carbocycles. The zero-order valence-corrected chi connectivity index (χ0v) is 14.4. The van der Waals surface area contributed by atoms with Gasteiger partial charge in [-0.15, -0.1) is 0 Å². The van der Waals surface area contributed by atoms with Crippen LogP contribution in [0.4, 0.5) is 5.69 Å². The molecule has 7 heteroatoms. The first-order valence-electron chi connectivity index (χ1n) is 8.29. The molecule has 2 N–H and O–H groups in total. The highest BCUT2D eigenvalue weighted by Crippen LogP contribution is 2.32. The molecule has 0 radical (unpaired) electrons. The van der Waals surface area contributed by atoms with E-state index in [1.54, 1.807) is 37.3 Å². The lowest BCUT2D eigenvalue weighted by Gasteiger charge is -2.19. The summed E-state index contributed by atoms with van der Waals surface area (Å²) in [5.41, 5.74) is 0.570. The largest absolute Gasteiger partial charge is 0.486 e. The second-order valence-corrected chi connectivity index (χ2v) is 5.74. The second kappa shape index (κ2) is 8.24. The number of amides is 2. The molecule has 2 aromatic rings. The van der Waals surface area contributed by atoms with Crippen LogP contribution in [-0.2, 0) is 9.59 Å². The predicted octanol–water partition coefficient (Wildman–Crippen LogP) is 1.98. The summed E-state index contributed by atoms with van der Waals surface area (Å²) in [6.07, 6.45) is 0. The highest BCUT2D eigenvalue weighted by atomic mass is 16.6. The standard InChI is InChI=1S/C19H20N2O5/c1-13(20-18(22)12-26-15-5-3-2-4-6-15)19(23)21-14-7-8-16-17(11-14)25-10-9-24-16/h2-8,11,13H,9-10,12H2,1H3,(H,20,22)(H,21,23)/t13-/m1/s1. The first kappa shape index (κ1) is 17.6. The molecule has 0 unspecified atom stereocenters. The highest BCUT2D eigenvalue weighted by Gasteiger charge is 2.18. The predicted molar refractivity (Wildman–Crippen MR) is 95.6 cm³/mol. The monoisotopic (exact) mass is 356 g/mol. The third kappa shape index (κ3) is 4.66. The van der Waals surface area contributed by atoms with Gasteiger partial charge in [-0.3, -0.25) is 9.59 Å². The Balaban J connectivity index is 1.49. The summed E-state index contributed by atoms with van der Waals surface area (Å²) < 4.78 is 16.3. The first-order valence-corrected chi connectivity index (χ1v) is 8.29. The van der Waals surface area contributed by atoms with Gasteiger partial charge < -0.3 is 24.8 Å². The number of anilines is 1. The van der Waals surface area contributed by atoms with Gasteiger partial charge in [-0.1, -0.05) is 18.2 Å². The van der Waals surface area contributed by atoms with E-state index in [1.165, 1.54) is 0 Å². The molecule has 0 saturated carbocycles. The zero-order valence-electron chi connectivity index (χ0n) is 14.4. The second-order valence-electron chi connectivity index (χ2n) is 5.74. The van der Waals surface area contributed by atoms with E-state index < -0.39 is 6.04 Å². The average Bonchev–Trinajstić information content (AvgIpc) is 2.67. The van der Waals surface area contributed by atoms with Gasteiger partial charge >= 0.3 is 0 Å². The fraction of sp³-hybridized carbons (Fsp3) is 0.263. The van der Waals surface area contributed by atoms with Gasteiger partial charge in [-0.05, 0) is 31.2 Å². The number of fused-ring (bicyclic) bond motifs is 1. The van der Waals surface area contributed by atoms with E-state index in [4.69, 9.17) is 14.2 Å². The number of hydrogen-bond acceptors (Lipinski definition) is 5. The van der Waals surface area contributed by atoms with Crippen molar-refractivity contribution in [3.05, 3.63) is 48.5 Å². The van der Waals surface area contributed by atoms with Crippen molar-refractivity contribution in [3.8, 4) is 17.2 Å². The summed E-state index contributed by atoms with van der Waals surface area (Å²) in [6, 6.07) is 13.4. The molecule has 136 valence electrons. The van der Waals surface area contributed by atoms with Crippen molar-refractivity contribution in [1.29, 1.82) is 0 Å². The molecule has 3 rings (SSSR count). The van der Waals surface area contributed by atoms with Crippen LogP contribution in [0.5, 0.6) is 17.2 Å². The van der Waals surface area contributed by atoms with Gasteiger partial charge in [0, 0.05) is 11.8 Å². The van der Waals surface area contributed by atoms with Crippen LogP contribution in [-0.4, -0.2) is 37.7 Å². The number of carbonyl (C=O) groups is 2. The molecule has 0 saturated heterocycles. The van der Waals surface area contributed by atoms with Gasteiger partial charge in [0.05, 0.1) is 0 Å². The minimum absolute atomic E-state index is 0.161. The van der Waals surface area contributed by atoms with E-state index >= 15 is 0 Å². The van der Waals surface area contributed by atoms with Crippen molar-refractivity contribution in [1.82, 2.24) is 5.32 Å². The molecule has 0 fully saturated rings. The smallest absolute Gasteiger partial charge is 0.258 e. The Kier molecular flexibility index (Phi) is 5.58. The summed E-state index contributed by atoms with van der Waals surface area (Å²) in [5.74, 6) is 1.11. The molecular weight excluding hydrogens is 336 g/mol. The summed E-state index contributed by atoms with van der Waals surface area (Å²) in [5, 5.41) is 5.34. The number of hydrogen-bond donors (Lipinski definition) is 2. The minimum atomic E-state index is -0.713. The van der Waals surface area contributed by atoms with Crippen LogP contribution in [0.15, 0.2) is 48.5 Å². The Morgan fingerprint density at radius 2 is 1.81 bits per heavy atom. The molecule has 0 aromatic heterocycles. The van der Waals surface area contributed by atoms with Gasteiger partial charge in [0.1, 0.15) is 25.0 Å². The lowest BCUT2D eigenvalue weighted by atomic mass is 10.2. The maximum Gasteiger partial charge on any atom is 0.258 e. The van der Waals surface area contributed by atoms with E-state index in [-0.39, 0.29) is 18.4 Å². The van der Waals surface area contributed by atoms with Gasteiger partial charge in [0.2, 0.25) is 5.91 Å². The third-order valence-electron chi connectivity index (χ3n) is 3.69. The fourth-order valence-corrected chi connectivity index (χ4v) is 2.39. The van der Waals surface area contributed by atoms with Crippen LogP contribution in [0.2, 0.25) is 0 Å². The number of carbonyl (C=O) groups excluding carboxylic acids is 2. The number of para-hydroxylation sites is 1. The summed E-state index contributed by atoms with van der Waals surface area (Å²) in [7, 11) is 0. The Labute approximate surface area is 151 Å². The van der Waals surface area contributed by atoms with Crippen molar-refractivity contribution in [2.45, 2.75) is 13.0 Å². The average molecular weight is 356 g/mol. The molecule has 2 amide bonds. The van der Waals surface area contributed by atoms with Gasteiger partial charge in [-0.2, -0.15) is 0 Å². The summed E-state index contributed by atoms with van der Waals surface area (Å²) >= 11 is 0. The molecule has 1 heterocycles. The lowest BCUT2D eigenvalue weighted by Crippen LogP contribution is -2.43. The molecule has 1 aliphatic heterocycles. The minimum Gasteiger partial charge on any atom is -0.486 e. The molecule has 7 nitrogen and oxygen atoms in total. The Morgan fingerprint density at radius 1 is 1.08 bits per heavy atom. The van der Waals surface area contributed by atoms with Crippen LogP contribution < -0.4 is 24.8 Å². The van der Waals surface area contributed by atoms with Crippen molar-refractivity contribution >= 4 is 17.5 Å². The van der Waals surface area contributed by atoms with Crippen molar-refractivity contribution < 1.29 is 23.8 Å².